The average Bonchev–Trinajstić information content (AvgIpc) is 3.12. The van der Waals surface area contributed by atoms with Gasteiger partial charge in [-0.25, -0.2) is 4.79 Å². The van der Waals surface area contributed by atoms with Gasteiger partial charge in [-0.3, -0.25) is 9.59 Å². The average molecular weight is 382 g/mol. The molecule has 0 aliphatic carbocycles. The van der Waals surface area contributed by atoms with Gasteiger partial charge in [-0.2, -0.15) is 0 Å². The van der Waals surface area contributed by atoms with Gasteiger partial charge in [-0.15, -0.1) is 0 Å². The third kappa shape index (κ3) is 4.48. The summed E-state index contributed by atoms with van der Waals surface area (Å²) in [6.07, 6.45) is 2.11. The normalized spacial score (nSPS) is 17.9. The number of para-hydroxylation sites is 1. The van der Waals surface area contributed by atoms with E-state index in [2.05, 4.69) is 16.0 Å². The first-order chi connectivity index (χ1) is 13.0. The summed E-state index contributed by atoms with van der Waals surface area (Å²) in [7, 11) is 0. The molecule has 3 rings (SSSR count). The number of urea groups is 1. The van der Waals surface area contributed by atoms with Gasteiger partial charge in [0, 0.05) is 23.4 Å². The zero-order chi connectivity index (χ0) is 19.3. The number of hydrogen-bond donors (Lipinski definition) is 4. The Kier molecular flexibility index (Phi) is 5.46. The molecule has 1 atom stereocenters. The maximum atomic E-state index is 12.6. The van der Waals surface area contributed by atoms with Crippen LogP contribution in [0, 0.1) is 0 Å². The highest BCUT2D eigenvalue weighted by atomic mass is 32.2. The molecule has 2 aromatic carbocycles. The second kappa shape index (κ2) is 7.96. The molecule has 8 heteroatoms. The quantitative estimate of drug-likeness (QED) is 0.637. The van der Waals surface area contributed by atoms with Crippen molar-refractivity contribution in [1.82, 2.24) is 5.32 Å². The van der Waals surface area contributed by atoms with Gasteiger partial charge in [-0.05, 0) is 35.7 Å². The number of benzene rings is 2. The Morgan fingerprint density at radius 2 is 1.67 bits per heavy atom. The fourth-order valence-corrected chi connectivity index (χ4v) is 3.42. The molecule has 0 bridgehead atoms. The molecule has 1 unspecified atom stereocenters. The number of amides is 4. The summed E-state index contributed by atoms with van der Waals surface area (Å²) in [6.45, 7) is 0. The molecule has 5 N–H and O–H groups in total. The first kappa shape index (κ1) is 18.5. The zero-order valence-corrected chi connectivity index (χ0v) is 15.1. The third-order valence-corrected chi connectivity index (χ3v) is 5.10. The number of rotatable bonds is 5. The molecular formula is C19H18N4O3S. The molecule has 0 aromatic heterocycles. The van der Waals surface area contributed by atoms with Gasteiger partial charge in [0.05, 0.1) is 0 Å². The minimum atomic E-state index is -1.18. The number of thioether (sulfide) groups is 1. The Balaban J connectivity index is 1.67. The third-order valence-electron chi connectivity index (χ3n) is 3.90. The van der Waals surface area contributed by atoms with Gasteiger partial charge in [0.1, 0.15) is 0 Å². The van der Waals surface area contributed by atoms with Crippen molar-refractivity contribution >= 4 is 41.0 Å². The molecule has 2 aromatic rings. The monoisotopic (exact) mass is 382 g/mol. The summed E-state index contributed by atoms with van der Waals surface area (Å²) in [4.78, 5) is 35.2. The van der Waals surface area contributed by atoms with E-state index in [1.165, 1.54) is 17.8 Å². The highest BCUT2D eigenvalue weighted by molar-refractivity contribution is 8.04. The number of nitrogens with one attached hydrogen (secondary N) is 3. The van der Waals surface area contributed by atoms with Crippen molar-refractivity contribution in [1.29, 1.82) is 0 Å². The van der Waals surface area contributed by atoms with Crippen molar-refractivity contribution in [2.24, 2.45) is 5.73 Å². The van der Waals surface area contributed by atoms with Crippen LogP contribution in [0.2, 0.25) is 0 Å². The van der Waals surface area contributed by atoms with Gasteiger partial charge in [0.15, 0.2) is 4.87 Å². The van der Waals surface area contributed by atoms with Gasteiger partial charge >= 0.3 is 6.03 Å². The van der Waals surface area contributed by atoms with Crippen molar-refractivity contribution in [3.8, 4) is 0 Å². The second-order valence-electron chi connectivity index (χ2n) is 5.87. The minimum absolute atomic E-state index is 0.306. The van der Waals surface area contributed by atoms with E-state index in [-0.39, 0.29) is 0 Å². The van der Waals surface area contributed by atoms with E-state index in [1.807, 2.05) is 18.2 Å². The molecule has 0 fully saturated rings. The first-order valence-electron chi connectivity index (χ1n) is 8.17. The lowest BCUT2D eigenvalue weighted by Crippen LogP contribution is -2.53. The molecule has 138 valence electrons. The Hall–Kier alpha value is -3.26. The Labute approximate surface area is 160 Å². The maximum absolute atomic E-state index is 12.6. The zero-order valence-electron chi connectivity index (χ0n) is 14.3. The second-order valence-corrected chi connectivity index (χ2v) is 7.07. The maximum Gasteiger partial charge on any atom is 0.323 e. The molecular weight excluding hydrogens is 364 g/mol. The first-order valence-corrected chi connectivity index (χ1v) is 9.05. The predicted molar refractivity (Wildman–Crippen MR) is 106 cm³/mol. The highest BCUT2D eigenvalue weighted by Crippen LogP contribution is 2.34. The van der Waals surface area contributed by atoms with E-state index in [0.717, 1.165) is 0 Å². The van der Waals surface area contributed by atoms with Crippen molar-refractivity contribution in [3.63, 3.8) is 0 Å². The molecule has 27 heavy (non-hydrogen) atoms. The molecule has 0 saturated heterocycles. The molecule has 1 aliphatic rings. The lowest BCUT2D eigenvalue weighted by molar-refractivity contribution is -0.120. The fourth-order valence-electron chi connectivity index (χ4n) is 2.54. The van der Waals surface area contributed by atoms with Crippen LogP contribution < -0.4 is 21.7 Å². The van der Waals surface area contributed by atoms with Gasteiger partial charge in [-0.1, -0.05) is 42.1 Å². The van der Waals surface area contributed by atoms with Crippen LogP contribution in [-0.4, -0.2) is 22.7 Å². The number of carbonyl (C=O) groups is 3. The molecule has 7 nitrogen and oxygen atoms in total. The number of hydrogen-bond acceptors (Lipinski definition) is 4. The standard InChI is InChI=1S/C19H18N4O3S/c20-17(25)19(10-5-11-27-19)23-16(24)13-6-4-9-15(12-13)22-18(26)21-14-7-2-1-3-8-14/h1-9,11-12H,10H2,(H2,20,25)(H,23,24)(H2,21,22,26). The number of primary amides is 1. The summed E-state index contributed by atoms with van der Waals surface area (Å²) in [5, 5.41) is 9.79. The summed E-state index contributed by atoms with van der Waals surface area (Å²) in [5.74, 6) is -1.06. The molecule has 1 heterocycles. The van der Waals surface area contributed by atoms with Crippen LogP contribution in [0.3, 0.4) is 0 Å². The van der Waals surface area contributed by atoms with Crippen LogP contribution in [0.1, 0.15) is 16.8 Å². The van der Waals surface area contributed by atoms with Gasteiger partial charge in [0.25, 0.3) is 11.8 Å². The molecule has 4 amide bonds. The lowest BCUT2D eigenvalue weighted by Gasteiger charge is -2.25. The molecule has 0 saturated carbocycles. The molecule has 0 spiro atoms. The van der Waals surface area contributed by atoms with Crippen LogP contribution in [0.5, 0.6) is 0 Å². The highest BCUT2D eigenvalue weighted by Gasteiger charge is 2.40. The number of carbonyl (C=O) groups excluding carboxylic acids is 3. The van der Waals surface area contributed by atoms with Crippen molar-refractivity contribution < 1.29 is 14.4 Å². The smallest absolute Gasteiger partial charge is 0.323 e. The Morgan fingerprint density at radius 1 is 0.963 bits per heavy atom. The van der Waals surface area contributed by atoms with E-state index in [9.17, 15) is 14.4 Å². The number of anilines is 2. The van der Waals surface area contributed by atoms with E-state index in [1.54, 1.807) is 41.8 Å². The SMILES string of the molecule is NC(=O)C1(NC(=O)c2cccc(NC(=O)Nc3ccccc3)c2)CC=CS1. The van der Waals surface area contributed by atoms with Crippen LogP contribution in [0.25, 0.3) is 0 Å². The topological polar surface area (TPSA) is 113 Å². The summed E-state index contributed by atoms with van der Waals surface area (Å²) >= 11 is 1.17. The van der Waals surface area contributed by atoms with Crippen molar-refractivity contribution in [3.05, 3.63) is 71.6 Å². The van der Waals surface area contributed by atoms with Crippen LogP contribution >= 0.6 is 11.8 Å². The summed E-state index contributed by atoms with van der Waals surface area (Å²) < 4.78 is 0. The van der Waals surface area contributed by atoms with Crippen molar-refractivity contribution in [2.75, 3.05) is 10.6 Å². The van der Waals surface area contributed by atoms with E-state index in [4.69, 9.17) is 5.73 Å². The lowest BCUT2D eigenvalue weighted by atomic mass is 10.1. The van der Waals surface area contributed by atoms with Gasteiger partial charge < -0.3 is 21.7 Å². The predicted octanol–water partition coefficient (Wildman–Crippen LogP) is 2.89. The number of nitrogens with two attached hydrogens (primary N) is 1. The van der Waals surface area contributed by atoms with Crippen LogP contribution in [0.4, 0.5) is 16.2 Å². The molecule has 0 radical (unpaired) electrons. The van der Waals surface area contributed by atoms with E-state index in [0.29, 0.717) is 23.4 Å². The Morgan fingerprint density at radius 3 is 2.33 bits per heavy atom. The summed E-state index contributed by atoms with van der Waals surface area (Å²) in [5.41, 5.74) is 6.85. The Bertz CT molecular complexity index is 891. The van der Waals surface area contributed by atoms with Crippen LogP contribution in [-0.2, 0) is 4.79 Å². The van der Waals surface area contributed by atoms with Crippen molar-refractivity contribution in [2.45, 2.75) is 11.3 Å². The van der Waals surface area contributed by atoms with Gasteiger partial charge in [0.2, 0.25) is 0 Å². The molecule has 1 aliphatic heterocycles. The fraction of sp³-hybridized carbons (Fsp3) is 0.105. The van der Waals surface area contributed by atoms with E-state index < -0.39 is 22.7 Å². The summed E-state index contributed by atoms with van der Waals surface area (Å²) in [6, 6.07) is 15.0. The van der Waals surface area contributed by atoms with E-state index >= 15 is 0 Å². The minimum Gasteiger partial charge on any atom is -0.367 e. The largest absolute Gasteiger partial charge is 0.367 e. The van der Waals surface area contributed by atoms with Crippen LogP contribution in [0.15, 0.2) is 66.1 Å².